The number of aromatic hydroxyl groups is 1. The lowest BCUT2D eigenvalue weighted by Crippen LogP contribution is -2.61. The first-order valence-corrected chi connectivity index (χ1v) is 36.0. The molecular formula is C73H84FN13O13S2. The minimum absolute atomic E-state index is 0.0398. The monoisotopic (exact) mass is 1430 g/mol. The molecule has 9 rings (SSSR count). The highest BCUT2D eigenvalue weighted by molar-refractivity contribution is 7.98. The molecule has 0 radical (unpaired) electrons. The molecule has 538 valence electrons. The molecule has 2 aliphatic heterocycles. The summed E-state index contributed by atoms with van der Waals surface area (Å²) in [5, 5.41) is 39.4. The molecule has 7 aromatic rings. The summed E-state index contributed by atoms with van der Waals surface area (Å²) in [6.45, 7) is -0.273. The van der Waals surface area contributed by atoms with E-state index in [0.717, 1.165) is 22.3 Å². The molecule has 0 saturated carbocycles. The van der Waals surface area contributed by atoms with E-state index in [2.05, 4.69) is 52.2 Å². The van der Waals surface area contributed by atoms with Gasteiger partial charge in [0.05, 0.1) is 36.9 Å². The molecule has 4 heterocycles. The molecule has 0 spiro atoms. The summed E-state index contributed by atoms with van der Waals surface area (Å²) in [7, 11) is 0. The summed E-state index contributed by atoms with van der Waals surface area (Å²) in [5.74, 6) is -9.81. The fourth-order valence-electron chi connectivity index (χ4n) is 12.3. The Balaban J connectivity index is 1.05. The molecule has 5 aromatic carbocycles. The number of carbonyl (C=O) groups excluding carboxylic acids is 10. The van der Waals surface area contributed by atoms with Crippen molar-refractivity contribution in [3.8, 4) is 16.9 Å². The number of imidazole rings is 1. The van der Waals surface area contributed by atoms with Crippen molar-refractivity contribution >= 4 is 99.3 Å². The molecule has 9 amide bonds. The van der Waals surface area contributed by atoms with E-state index in [-0.39, 0.29) is 74.3 Å². The van der Waals surface area contributed by atoms with Gasteiger partial charge in [0, 0.05) is 91.4 Å². The molecule has 8 atom stereocenters. The number of nitrogens with zero attached hydrogens (tertiary/aromatic N) is 2. The number of H-pyrrole nitrogens is 2. The second-order valence-corrected chi connectivity index (χ2v) is 27.4. The van der Waals surface area contributed by atoms with Crippen LogP contribution in [0.1, 0.15) is 84.9 Å². The van der Waals surface area contributed by atoms with Crippen molar-refractivity contribution in [2.24, 2.45) is 17.4 Å². The number of carbonyl (C=O) groups is 11. The van der Waals surface area contributed by atoms with Crippen molar-refractivity contribution in [1.82, 2.24) is 57.1 Å². The highest BCUT2D eigenvalue weighted by Gasteiger charge is 2.41. The van der Waals surface area contributed by atoms with Crippen molar-refractivity contribution in [3.05, 3.63) is 179 Å². The van der Waals surface area contributed by atoms with Gasteiger partial charge in [0.2, 0.25) is 53.2 Å². The first kappa shape index (κ1) is 75.8. The number of aliphatic carboxylic acids is 1. The van der Waals surface area contributed by atoms with E-state index in [9.17, 15) is 53.0 Å². The van der Waals surface area contributed by atoms with Gasteiger partial charge in [-0.15, -0.1) is 0 Å². The Bertz CT molecular complexity index is 4090. The molecule has 102 heavy (non-hydrogen) atoms. The molecule has 2 aliphatic rings. The predicted octanol–water partition coefficient (Wildman–Crippen LogP) is 3.92. The van der Waals surface area contributed by atoms with Gasteiger partial charge in [-0.3, -0.25) is 52.7 Å². The smallest absolute Gasteiger partial charge is 0.305 e. The maximum Gasteiger partial charge on any atom is 0.305 e. The van der Waals surface area contributed by atoms with E-state index in [4.69, 9.17) is 11.5 Å². The average molecular weight is 1430 g/mol. The van der Waals surface area contributed by atoms with Crippen LogP contribution in [0.2, 0.25) is 0 Å². The minimum Gasteiger partial charge on any atom is -0.508 e. The van der Waals surface area contributed by atoms with Crippen LogP contribution in [0.3, 0.4) is 0 Å². The SMILES string of the molecule is NCCCC[C@@H]1NC(=O)CCSCc2cccc(c2)CSC[C@@H](C(N)=O)CC(=O)[C@@H]2CCCN2C(=O)[C@H](Cc2ccc(O)cc2)NC(=O)[C@H](Cc2c[nH]cn2)NC(=O)[C@H](CC(=O)O)NC(=O)[C@H](Cc2c[nH]c3ccc(F)cc23)NC(=O)[C@H](Cc2ccc(-c3ccccc3)cc2)NC(=O)CNC1=O. The van der Waals surface area contributed by atoms with E-state index in [1.165, 1.54) is 89.6 Å². The molecule has 2 bridgehead atoms. The predicted molar refractivity (Wildman–Crippen MR) is 382 cm³/mol. The zero-order valence-corrected chi connectivity index (χ0v) is 57.6. The molecule has 2 aromatic heterocycles. The number of rotatable bonds is 16. The first-order chi connectivity index (χ1) is 49.2. The van der Waals surface area contributed by atoms with Crippen molar-refractivity contribution < 1.29 is 67.3 Å². The largest absolute Gasteiger partial charge is 0.508 e. The van der Waals surface area contributed by atoms with Crippen LogP contribution >= 0.6 is 23.5 Å². The number of hydrogen-bond acceptors (Lipinski definition) is 16. The molecule has 0 unspecified atom stereocenters. The number of thioether (sulfide) groups is 2. The van der Waals surface area contributed by atoms with Crippen LogP contribution in [0.4, 0.5) is 4.39 Å². The number of nitrogens with two attached hydrogens (primary N) is 2. The Hall–Kier alpha value is -10.4. The number of carboxylic acids is 1. The second-order valence-electron chi connectivity index (χ2n) is 25.3. The number of halogens is 1. The van der Waals surface area contributed by atoms with E-state index >= 15 is 14.4 Å². The van der Waals surface area contributed by atoms with Gasteiger partial charge in [0.15, 0.2) is 5.78 Å². The molecule has 0 aliphatic carbocycles. The molecule has 1 fully saturated rings. The van der Waals surface area contributed by atoms with Gasteiger partial charge in [0.25, 0.3) is 0 Å². The van der Waals surface area contributed by atoms with E-state index in [1.54, 1.807) is 12.1 Å². The Morgan fingerprint density at radius 1 is 0.637 bits per heavy atom. The number of phenols is 1. The van der Waals surface area contributed by atoms with Crippen LogP contribution < -0.4 is 48.7 Å². The number of Topliss-reactive ketones (excluding diaryl/α,β-unsaturated/α-hetero) is 1. The Kier molecular flexibility index (Phi) is 27.7. The van der Waals surface area contributed by atoms with Crippen LogP contribution in [-0.4, -0.2) is 168 Å². The van der Waals surface area contributed by atoms with Gasteiger partial charge in [-0.2, -0.15) is 23.5 Å². The van der Waals surface area contributed by atoms with Gasteiger partial charge >= 0.3 is 5.97 Å². The summed E-state index contributed by atoms with van der Waals surface area (Å²) in [5.41, 5.74) is 17.3. The van der Waals surface area contributed by atoms with Crippen LogP contribution in [0.15, 0.2) is 140 Å². The summed E-state index contributed by atoms with van der Waals surface area (Å²) < 4.78 is 15.0. The number of hydrogen-bond donors (Lipinski definition) is 13. The fraction of sp³-hybridized carbons (Fsp3) is 0.370. The second kappa shape index (κ2) is 37.3. The third-order valence-corrected chi connectivity index (χ3v) is 19.8. The van der Waals surface area contributed by atoms with Gasteiger partial charge in [-0.1, -0.05) is 91.0 Å². The van der Waals surface area contributed by atoms with Crippen molar-refractivity contribution in [1.29, 1.82) is 0 Å². The number of amides is 9. The van der Waals surface area contributed by atoms with Crippen molar-refractivity contribution in [2.75, 3.05) is 31.1 Å². The Morgan fingerprint density at radius 2 is 1.26 bits per heavy atom. The summed E-state index contributed by atoms with van der Waals surface area (Å²) in [6.07, 6.45) is 3.44. The topological polar surface area (TPSA) is 412 Å². The number of fused-ring (bicyclic) bond motifs is 4. The summed E-state index contributed by atoms with van der Waals surface area (Å²) in [4.78, 5) is 168. The van der Waals surface area contributed by atoms with Gasteiger partial charge < -0.3 is 73.8 Å². The zero-order chi connectivity index (χ0) is 72.7. The Labute approximate surface area is 596 Å². The van der Waals surface area contributed by atoms with E-state index < -0.39 is 138 Å². The number of ketones is 1. The highest BCUT2D eigenvalue weighted by atomic mass is 32.2. The maximum atomic E-state index is 15.1. The maximum absolute atomic E-state index is 15.1. The van der Waals surface area contributed by atoms with Gasteiger partial charge in [-0.05, 0) is 108 Å². The summed E-state index contributed by atoms with van der Waals surface area (Å²) in [6, 6.07) is 23.5. The number of benzene rings is 5. The quantitative estimate of drug-likeness (QED) is 0.0610. The lowest BCUT2D eigenvalue weighted by molar-refractivity contribution is -0.142. The lowest BCUT2D eigenvalue weighted by atomic mass is 9.97. The number of aromatic nitrogens is 3. The van der Waals surface area contributed by atoms with Crippen LogP contribution in [0.5, 0.6) is 5.75 Å². The minimum atomic E-state index is -2.00. The van der Waals surface area contributed by atoms with Crippen LogP contribution in [0, 0.1) is 11.7 Å². The van der Waals surface area contributed by atoms with Crippen LogP contribution in [0.25, 0.3) is 22.0 Å². The first-order valence-electron chi connectivity index (χ1n) is 33.7. The van der Waals surface area contributed by atoms with Crippen molar-refractivity contribution in [3.63, 3.8) is 0 Å². The number of primary amides is 1. The normalized spacial score (nSPS) is 21.8. The Morgan fingerprint density at radius 3 is 1.94 bits per heavy atom. The lowest BCUT2D eigenvalue weighted by Gasteiger charge is -2.30. The number of phenolic OH excluding ortho intramolecular Hbond substituents is 1. The molecule has 26 nitrogen and oxygen atoms in total. The van der Waals surface area contributed by atoms with Gasteiger partial charge in [0.1, 0.15) is 47.8 Å². The fourth-order valence-corrected chi connectivity index (χ4v) is 14.2. The zero-order valence-electron chi connectivity index (χ0n) is 56.0. The number of carboxylic acid groups (broad SMARTS) is 1. The standard InChI is InChI=1S/C73H84FN13O13S2/c74-51-20-23-55-54(33-51)49(36-78-55)31-58-70(97)85-60(35-66(92)93)72(99)84-59(34-52-37-77-42-80-52)71(98)86-61(30-44-16-21-53(88)22-17-44)73(100)87-26-7-13-62(87)63(89)32-50(67(76)94)41-102-40-46-9-6-8-45(28-46)39-101-27-24-64(90)81-56(12-4-5-25-75)68(95)79-38-65(91)82-57(69(96)83-58)29-43-14-18-48(19-15-43)47-10-2-1-3-11-47/h1-3,6,8-11,14-23,28,33,36-37,42,50,56-62,78,88H,4-5,7,12-13,24-27,29-32,34-35,38-41,75H2,(H2,76,94)(H,77,80)(H,79,95)(H,81,90)(H,82,91)(H,83,96)(H,84,99)(H,85,97)(H,86,98)(H,92,93)/t50-,56-,57-,58-,59-,60-,61-,62-/m0/s1. The number of unbranched alkanes of at least 4 members (excludes halogenated alkanes) is 1. The molecule has 1 saturated heterocycles. The van der Waals surface area contributed by atoms with E-state index in [1.807, 2.05) is 66.7 Å². The molecule has 15 N–H and O–H groups in total. The number of aromatic amines is 2. The average Bonchev–Trinajstić information content (AvgIpc) is 1.62. The van der Waals surface area contributed by atoms with Crippen molar-refractivity contribution in [2.45, 2.75) is 131 Å². The third-order valence-electron chi connectivity index (χ3n) is 17.6. The third kappa shape index (κ3) is 22.3. The molecule has 29 heteroatoms. The van der Waals surface area contributed by atoms with Gasteiger partial charge in [-0.25, -0.2) is 9.37 Å². The summed E-state index contributed by atoms with van der Waals surface area (Å²) >= 11 is 2.89. The highest BCUT2D eigenvalue weighted by Crippen LogP contribution is 2.28. The number of nitrogens with one attached hydrogen (secondary N) is 9. The molecular weight excluding hydrogens is 1350 g/mol. The van der Waals surface area contributed by atoms with E-state index in [0.29, 0.717) is 65.1 Å². The van der Waals surface area contributed by atoms with Crippen LogP contribution in [-0.2, 0) is 89.9 Å².